The van der Waals surface area contributed by atoms with Crippen molar-refractivity contribution in [3.05, 3.63) is 48.3 Å². The van der Waals surface area contributed by atoms with Crippen LogP contribution in [-0.4, -0.2) is 15.1 Å². The van der Waals surface area contributed by atoms with E-state index in [9.17, 15) is 5.11 Å². The first-order valence-corrected chi connectivity index (χ1v) is 5.96. The molecule has 3 N–H and O–H groups in total. The number of anilines is 1. The third-order valence-electron chi connectivity index (χ3n) is 3.21. The second kappa shape index (κ2) is 4.24. The molecule has 0 atom stereocenters. The van der Waals surface area contributed by atoms with Gasteiger partial charge in [-0.15, -0.1) is 0 Å². The highest BCUT2D eigenvalue weighted by molar-refractivity contribution is 5.97. The van der Waals surface area contributed by atoms with Gasteiger partial charge in [0.1, 0.15) is 12.1 Å². The van der Waals surface area contributed by atoms with E-state index in [4.69, 9.17) is 5.73 Å². The number of aryl methyl sites for hydroxylation is 1. The molecule has 0 aliphatic heterocycles. The molecule has 0 saturated carbocycles. The zero-order chi connectivity index (χ0) is 13.4. The Morgan fingerprint density at radius 1 is 1.05 bits per heavy atom. The normalized spacial score (nSPS) is 10.8. The number of nitrogen functional groups attached to an aromatic ring is 1. The average Bonchev–Trinajstić information content (AvgIpc) is 2.44. The number of phenols is 1. The van der Waals surface area contributed by atoms with Crippen molar-refractivity contribution in [2.45, 2.75) is 6.92 Å². The maximum absolute atomic E-state index is 9.79. The molecule has 4 heteroatoms. The van der Waals surface area contributed by atoms with Gasteiger partial charge in [0.15, 0.2) is 0 Å². The van der Waals surface area contributed by atoms with Crippen molar-refractivity contribution in [1.82, 2.24) is 9.97 Å². The summed E-state index contributed by atoms with van der Waals surface area (Å²) in [5, 5.41) is 10.7. The topological polar surface area (TPSA) is 72.0 Å². The van der Waals surface area contributed by atoms with Crippen molar-refractivity contribution < 1.29 is 5.11 Å². The molecular weight excluding hydrogens is 238 g/mol. The number of benzene rings is 2. The van der Waals surface area contributed by atoms with E-state index in [0.29, 0.717) is 5.69 Å². The first-order valence-electron chi connectivity index (χ1n) is 5.96. The molecule has 0 unspecified atom stereocenters. The summed E-state index contributed by atoms with van der Waals surface area (Å²) in [7, 11) is 0. The summed E-state index contributed by atoms with van der Waals surface area (Å²) in [6.07, 6.45) is 1.51. The SMILES string of the molecule is Cc1ccc(O)c(N)c1-c1ncnc2ccccc12. The van der Waals surface area contributed by atoms with Crippen LogP contribution in [0.15, 0.2) is 42.7 Å². The standard InChI is InChI=1S/C15H13N3O/c1-9-6-7-12(19)14(16)13(9)15-10-4-2-3-5-11(10)17-8-18-15/h2-8,19H,16H2,1H3. The van der Waals surface area contributed by atoms with Crippen molar-refractivity contribution in [3.8, 4) is 17.0 Å². The highest BCUT2D eigenvalue weighted by Gasteiger charge is 2.14. The van der Waals surface area contributed by atoms with E-state index >= 15 is 0 Å². The lowest BCUT2D eigenvalue weighted by Gasteiger charge is -2.12. The molecule has 0 radical (unpaired) electrons. The van der Waals surface area contributed by atoms with E-state index in [1.165, 1.54) is 6.33 Å². The molecule has 0 spiro atoms. The largest absolute Gasteiger partial charge is 0.506 e. The molecule has 0 aliphatic rings. The smallest absolute Gasteiger partial charge is 0.139 e. The number of aromatic nitrogens is 2. The lowest BCUT2D eigenvalue weighted by Crippen LogP contribution is -1.97. The van der Waals surface area contributed by atoms with Crippen LogP contribution in [0.4, 0.5) is 5.69 Å². The van der Waals surface area contributed by atoms with Gasteiger partial charge in [-0.05, 0) is 24.6 Å². The second-order valence-corrected chi connectivity index (χ2v) is 4.43. The van der Waals surface area contributed by atoms with Gasteiger partial charge in [0, 0.05) is 10.9 Å². The van der Waals surface area contributed by atoms with Crippen LogP contribution in [0.3, 0.4) is 0 Å². The fraction of sp³-hybridized carbons (Fsp3) is 0.0667. The predicted octanol–water partition coefficient (Wildman–Crippen LogP) is 2.89. The van der Waals surface area contributed by atoms with Gasteiger partial charge in [-0.3, -0.25) is 0 Å². The molecule has 4 nitrogen and oxygen atoms in total. The van der Waals surface area contributed by atoms with E-state index in [1.807, 2.05) is 37.3 Å². The molecule has 0 bridgehead atoms. The fourth-order valence-corrected chi connectivity index (χ4v) is 2.24. The summed E-state index contributed by atoms with van der Waals surface area (Å²) in [5.74, 6) is 0.0725. The Labute approximate surface area is 110 Å². The zero-order valence-electron chi connectivity index (χ0n) is 10.5. The van der Waals surface area contributed by atoms with Gasteiger partial charge in [0.2, 0.25) is 0 Å². The highest BCUT2D eigenvalue weighted by Crippen LogP contribution is 2.37. The first-order chi connectivity index (χ1) is 9.18. The summed E-state index contributed by atoms with van der Waals surface area (Å²) >= 11 is 0. The van der Waals surface area contributed by atoms with Crippen LogP contribution < -0.4 is 5.73 Å². The Kier molecular flexibility index (Phi) is 2.56. The van der Waals surface area contributed by atoms with Crippen LogP contribution in [0.2, 0.25) is 0 Å². The van der Waals surface area contributed by atoms with Gasteiger partial charge in [-0.1, -0.05) is 24.3 Å². The van der Waals surface area contributed by atoms with Crippen LogP contribution in [0.1, 0.15) is 5.56 Å². The predicted molar refractivity (Wildman–Crippen MR) is 75.8 cm³/mol. The molecule has 0 aliphatic carbocycles. The third-order valence-corrected chi connectivity index (χ3v) is 3.21. The minimum Gasteiger partial charge on any atom is -0.506 e. The van der Waals surface area contributed by atoms with Crippen LogP contribution in [-0.2, 0) is 0 Å². The number of rotatable bonds is 1. The van der Waals surface area contributed by atoms with E-state index in [0.717, 1.165) is 27.7 Å². The van der Waals surface area contributed by atoms with Crippen molar-refractivity contribution in [3.63, 3.8) is 0 Å². The van der Waals surface area contributed by atoms with E-state index < -0.39 is 0 Å². The van der Waals surface area contributed by atoms with Gasteiger partial charge in [0.05, 0.1) is 16.9 Å². The van der Waals surface area contributed by atoms with Gasteiger partial charge < -0.3 is 10.8 Å². The number of nitrogens with two attached hydrogens (primary N) is 1. The van der Waals surface area contributed by atoms with E-state index in [2.05, 4.69) is 9.97 Å². The number of phenolic OH excluding ortho intramolecular Hbond substituents is 1. The molecule has 1 heterocycles. The summed E-state index contributed by atoms with van der Waals surface area (Å²) in [6, 6.07) is 11.2. The molecule has 3 aromatic rings. The maximum Gasteiger partial charge on any atom is 0.139 e. The van der Waals surface area contributed by atoms with Crippen molar-refractivity contribution in [1.29, 1.82) is 0 Å². The summed E-state index contributed by atoms with van der Waals surface area (Å²) in [5.41, 5.74) is 9.68. The highest BCUT2D eigenvalue weighted by atomic mass is 16.3. The Bertz CT molecular complexity index is 763. The molecule has 3 rings (SSSR count). The zero-order valence-corrected chi connectivity index (χ0v) is 10.5. The minimum absolute atomic E-state index is 0.0725. The summed E-state index contributed by atoms with van der Waals surface area (Å²) < 4.78 is 0. The fourth-order valence-electron chi connectivity index (χ4n) is 2.24. The Morgan fingerprint density at radius 2 is 1.84 bits per heavy atom. The van der Waals surface area contributed by atoms with Crippen LogP contribution >= 0.6 is 0 Å². The Balaban J connectivity index is 2.40. The minimum atomic E-state index is 0.0725. The maximum atomic E-state index is 9.79. The van der Waals surface area contributed by atoms with E-state index in [1.54, 1.807) is 6.07 Å². The number of hydrogen-bond donors (Lipinski definition) is 2. The van der Waals surface area contributed by atoms with E-state index in [-0.39, 0.29) is 5.75 Å². The number of para-hydroxylation sites is 1. The second-order valence-electron chi connectivity index (χ2n) is 4.43. The van der Waals surface area contributed by atoms with Crippen molar-refractivity contribution >= 4 is 16.6 Å². The van der Waals surface area contributed by atoms with Gasteiger partial charge in [-0.25, -0.2) is 9.97 Å². The summed E-state index contributed by atoms with van der Waals surface area (Å²) in [6.45, 7) is 1.95. The van der Waals surface area contributed by atoms with Crippen molar-refractivity contribution in [2.75, 3.05) is 5.73 Å². The van der Waals surface area contributed by atoms with Gasteiger partial charge >= 0.3 is 0 Å². The average molecular weight is 251 g/mol. The number of fused-ring (bicyclic) bond motifs is 1. The number of hydrogen-bond acceptors (Lipinski definition) is 4. The number of aromatic hydroxyl groups is 1. The molecule has 0 amide bonds. The quantitative estimate of drug-likeness (QED) is 0.515. The monoisotopic (exact) mass is 251 g/mol. The van der Waals surface area contributed by atoms with Gasteiger partial charge in [0.25, 0.3) is 0 Å². The Hall–Kier alpha value is -2.62. The lowest BCUT2D eigenvalue weighted by molar-refractivity contribution is 0.478. The molecule has 19 heavy (non-hydrogen) atoms. The van der Waals surface area contributed by atoms with Crippen LogP contribution in [0.25, 0.3) is 22.2 Å². The molecule has 94 valence electrons. The lowest BCUT2D eigenvalue weighted by atomic mass is 9.99. The molecule has 2 aromatic carbocycles. The molecular formula is C15H13N3O. The molecule has 0 saturated heterocycles. The summed E-state index contributed by atoms with van der Waals surface area (Å²) in [4.78, 5) is 8.57. The van der Waals surface area contributed by atoms with Crippen molar-refractivity contribution in [2.24, 2.45) is 0 Å². The molecule has 0 fully saturated rings. The first kappa shape index (κ1) is 11.5. The third kappa shape index (κ3) is 1.78. The molecule has 1 aromatic heterocycles. The van der Waals surface area contributed by atoms with Gasteiger partial charge in [-0.2, -0.15) is 0 Å². The van der Waals surface area contributed by atoms with Crippen LogP contribution in [0.5, 0.6) is 5.75 Å². The van der Waals surface area contributed by atoms with Crippen LogP contribution in [0, 0.1) is 6.92 Å². The Morgan fingerprint density at radius 3 is 2.68 bits per heavy atom. The number of nitrogens with zero attached hydrogens (tertiary/aromatic N) is 2.